The van der Waals surface area contributed by atoms with Crippen LogP contribution >= 0.6 is 35.0 Å². The lowest BCUT2D eigenvalue weighted by atomic mass is 10.2. The summed E-state index contributed by atoms with van der Waals surface area (Å²) in [5.74, 6) is 0.559. The summed E-state index contributed by atoms with van der Waals surface area (Å²) in [5, 5.41) is 4.47. The van der Waals surface area contributed by atoms with Gasteiger partial charge in [-0.15, -0.1) is 11.8 Å². The number of nitrogens with one attached hydrogen (secondary N) is 1. The summed E-state index contributed by atoms with van der Waals surface area (Å²) in [4.78, 5) is 12.7. The van der Waals surface area contributed by atoms with E-state index in [1.807, 2.05) is 13.0 Å². The van der Waals surface area contributed by atoms with Crippen molar-refractivity contribution in [2.75, 3.05) is 18.9 Å². The molecule has 0 fully saturated rings. The average Bonchev–Trinajstić information content (AvgIpc) is 2.42. The maximum Gasteiger partial charge on any atom is 0.323 e. The summed E-state index contributed by atoms with van der Waals surface area (Å²) in [7, 11) is 0. The lowest BCUT2D eigenvalue weighted by Gasteiger charge is -2.16. The number of thioether (sulfide) groups is 1. The molecule has 112 valence electrons. The molecular formula is C14H19Cl2NO2S. The lowest BCUT2D eigenvalue weighted by molar-refractivity contribution is -0.145. The fourth-order valence-corrected chi connectivity index (χ4v) is 3.17. The predicted octanol–water partition coefficient (Wildman–Crippen LogP) is 4.02. The molecule has 0 aliphatic carbocycles. The Labute approximate surface area is 134 Å². The van der Waals surface area contributed by atoms with E-state index in [2.05, 4.69) is 5.32 Å². The molecule has 1 aromatic carbocycles. The van der Waals surface area contributed by atoms with Gasteiger partial charge < -0.3 is 10.1 Å². The van der Waals surface area contributed by atoms with Crippen LogP contribution in [0.5, 0.6) is 0 Å². The fraction of sp³-hybridized carbons (Fsp3) is 0.500. The van der Waals surface area contributed by atoms with Gasteiger partial charge in [0.15, 0.2) is 0 Å². The van der Waals surface area contributed by atoms with Crippen molar-refractivity contribution in [3.63, 3.8) is 0 Å². The zero-order valence-electron chi connectivity index (χ0n) is 11.6. The number of carbonyl (C=O) groups excluding carboxylic acids is 1. The number of hydrogen-bond acceptors (Lipinski definition) is 4. The SMILES string of the molecule is CCNC(CCSc1cc(Cl)ccc1Cl)C(=O)OCC. The Kier molecular flexibility index (Phi) is 8.38. The maximum atomic E-state index is 11.8. The average molecular weight is 336 g/mol. The molecule has 20 heavy (non-hydrogen) atoms. The van der Waals surface area contributed by atoms with Gasteiger partial charge in [-0.25, -0.2) is 0 Å². The van der Waals surface area contributed by atoms with E-state index >= 15 is 0 Å². The lowest BCUT2D eigenvalue weighted by Crippen LogP contribution is -2.38. The summed E-state index contributed by atoms with van der Waals surface area (Å²) >= 11 is 13.6. The first-order valence-corrected chi connectivity index (χ1v) is 8.30. The summed E-state index contributed by atoms with van der Waals surface area (Å²) in [6.45, 7) is 4.90. The van der Waals surface area contributed by atoms with Gasteiger partial charge in [0, 0.05) is 15.7 Å². The Morgan fingerprint density at radius 3 is 2.80 bits per heavy atom. The van der Waals surface area contributed by atoms with Crippen LogP contribution in [0.3, 0.4) is 0 Å². The monoisotopic (exact) mass is 335 g/mol. The van der Waals surface area contributed by atoms with Gasteiger partial charge in [0.2, 0.25) is 0 Å². The Morgan fingerprint density at radius 2 is 2.15 bits per heavy atom. The normalized spacial score (nSPS) is 12.2. The van der Waals surface area contributed by atoms with Crippen LogP contribution in [-0.4, -0.2) is 30.9 Å². The molecule has 1 aromatic rings. The van der Waals surface area contributed by atoms with Crippen molar-refractivity contribution in [2.45, 2.75) is 31.2 Å². The van der Waals surface area contributed by atoms with E-state index < -0.39 is 0 Å². The number of likely N-dealkylation sites (N-methyl/N-ethyl adjacent to an activating group) is 1. The number of ether oxygens (including phenoxy) is 1. The summed E-state index contributed by atoms with van der Waals surface area (Å²) in [5.41, 5.74) is 0. The van der Waals surface area contributed by atoms with Crippen LogP contribution in [0.2, 0.25) is 10.0 Å². The first-order chi connectivity index (χ1) is 9.58. The van der Waals surface area contributed by atoms with E-state index in [1.165, 1.54) is 0 Å². The third kappa shape index (κ3) is 5.92. The Balaban J connectivity index is 2.51. The highest BCUT2D eigenvalue weighted by molar-refractivity contribution is 7.99. The molecule has 1 N–H and O–H groups in total. The minimum absolute atomic E-state index is 0.202. The number of carbonyl (C=O) groups is 1. The van der Waals surface area contributed by atoms with Gasteiger partial charge in [0.1, 0.15) is 6.04 Å². The maximum absolute atomic E-state index is 11.8. The smallest absolute Gasteiger partial charge is 0.323 e. The Bertz CT molecular complexity index is 443. The summed E-state index contributed by atoms with van der Waals surface area (Å²) in [6.07, 6.45) is 0.681. The van der Waals surface area contributed by atoms with E-state index in [-0.39, 0.29) is 12.0 Å². The molecule has 0 saturated carbocycles. The standard InChI is InChI=1S/C14H19Cl2NO2S/c1-3-17-12(14(18)19-4-2)7-8-20-13-9-10(15)5-6-11(13)16/h5-6,9,12,17H,3-4,7-8H2,1-2H3. The van der Waals surface area contributed by atoms with E-state index in [0.717, 1.165) is 17.2 Å². The molecule has 0 saturated heterocycles. The molecule has 1 atom stereocenters. The second-order valence-electron chi connectivity index (χ2n) is 4.07. The number of halogens is 2. The second-order valence-corrected chi connectivity index (χ2v) is 6.05. The Morgan fingerprint density at radius 1 is 1.40 bits per heavy atom. The molecule has 0 aliphatic heterocycles. The van der Waals surface area contributed by atoms with Crippen LogP contribution < -0.4 is 5.32 Å². The fourth-order valence-electron chi connectivity index (χ4n) is 1.67. The van der Waals surface area contributed by atoms with Crippen LogP contribution in [0.25, 0.3) is 0 Å². The van der Waals surface area contributed by atoms with Crippen molar-refractivity contribution in [3.8, 4) is 0 Å². The van der Waals surface area contributed by atoms with Crippen molar-refractivity contribution in [1.29, 1.82) is 0 Å². The third-order valence-electron chi connectivity index (χ3n) is 2.58. The number of rotatable bonds is 8. The minimum atomic E-state index is -0.273. The van der Waals surface area contributed by atoms with Crippen molar-refractivity contribution in [1.82, 2.24) is 5.32 Å². The summed E-state index contributed by atoms with van der Waals surface area (Å²) in [6, 6.07) is 5.10. The molecule has 6 heteroatoms. The predicted molar refractivity (Wildman–Crippen MR) is 85.9 cm³/mol. The quantitative estimate of drug-likeness (QED) is 0.575. The van der Waals surface area contributed by atoms with Crippen molar-refractivity contribution < 1.29 is 9.53 Å². The number of esters is 1. The topological polar surface area (TPSA) is 38.3 Å². The van der Waals surface area contributed by atoms with E-state index in [9.17, 15) is 4.79 Å². The molecule has 0 amide bonds. The highest BCUT2D eigenvalue weighted by Gasteiger charge is 2.18. The zero-order valence-corrected chi connectivity index (χ0v) is 13.9. The molecule has 0 heterocycles. The summed E-state index contributed by atoms with van der Waals surface area (Å²) < 4.78 is 5.04. The van der Waals surface area contributed by atoms with Gasteiger partial charge in [-0.3, -0.25) is 4.79 Å². The molecule has 3 nitrogen and oxygen atoms in total. The van der Waals surface area contributed by atoms with Gasteiger partial charge in [-0.05, 0) is 38.1 Å². The molecule has 0 aliphatic rings. The zero-order chi connectivity index (χ0) is 15.0. The first kappa shape index (κ1) is 17.6. The van der Waals surface area contributed by atoms with Crippen LogP contribution in [0.1, 0.15) is 20.3 Å². The van der Waals surface area contributed by atoms with Gasteiger partial charge in [-0.2, -0.15) is 0 Å². The van der Waals surface area contributed by atoms with Gasteiger partial charge >= 0.3 is 5.97 Å². The first-order valence-electron chi connectivity index (χ1n) is 6.56. The Hall–Kier alpha value is -0.420. The van der Waals surface area contributed by atoms with Crippen LogP contribution in [-0.2, 0) is 9.53 Å². The van der Waals surface area contributed by atoms with Crippen LogP contribution in [0.4, 0.5) is 0 Å². The van der Waals surface area contributed by atoms with Crippen molar-refractivity contribution >= 4 is 40.9 Å². The molecule has 0 spiro atoms. The molecular weight excluding hydrogens is 317 g/mol. The second kappa shape index (κ2) is 9.50. The largest absolute Gasteiger partial charge is 0.465 e. The number of hydrogen-bond donors (Lipinski definition) is 1. The van der Waals surface area contributed by atoms with Gasteiger partial charge in [-0.1, -0.05) is 30.1 Å². The minimum Gasteiger partial charge on any atom is -0.465 e. The highest BCUT2D eigenvalue weighted by Crippen LogP contribution is 2.30. The van der Waals surface area contributed by atoms with Crippen molar-refractivity contribution in [3.05, 3.63) is 28.2 Å². The highest BCUT2D eigenvalue weighted by atomic mass is 35.5. The van der Waals surface area contributed by atoms with Crippen molar-refractivity contribution in [2.24, 2.45) is 0 Å². The van der Waals surface area contributed by atoms with E-state index in [1.54, 1.807) is 30.8 Å². The molecule has 0 radical (unpaired) electrons. The van der Waals surface area contributed by atoms with Crippen LogP contribution in [0, 0.1) is 0 Å². The number of benzene rings is 1. The van der Waals surface area contributed by atoms with Gasteiger partial charge in [0.25, 0.3) is 0 Å². The third-order valence-corrected chi connectivity index (χ3v) is 4.34. The van der Waals surface area contributed by atoms with E-state index in [0.29, 0.717) is 23.1 Å². The van der Waals surface area contributed by atoms with Crippen LogP contribution in [0.15, 0.2) is 23.1 Å². The molecule has 1 rings (SSSR count). The molecule has 1 unspecified atom stereocenters. The van der Waals surface area contributed by atoms with E-state index in [4.69, 9.17) is 27.9 Å². The molecule has 0 aromatic heterocycles. The molecule has 0 bridgehead atoms. The van der Waals surface area contributed by atoms with Gasteiger partial charge in [0.05, 0.1) is 11.6 Å².